The molecule has 0 saturated carbocycles. The smallest absolute Gasteiger partial charge is 0.191 e. The Labute approximate surface area is 117 Å². The first-order chi connectivity index (χ1) is 8.47. The van der Waals surface area contributed by atoms with E-state index in [0.29, 0.717) is 22.5 Å². The number of nitrogens with zero attached hydrogens (tertiary/aromatic N) is 4. The molecule has 2 heterocycles. The summed E-state index contributed by atoms with van der Waals surface area (Å²) >= 11 is 4.99. The maximum absolute atomic E-state index is 5.62. The highest BCUT2D eigenvalue weighted by Gasteiger charge is 2.12. The maximum atomic E-state index is 5.62. The van der Waals surface area contributed by atoms with Crippen LogP contribution in [0.4, 0.5) is 11.6 Å². The Bertz CT molecular complexity index is 562. The Morgan fingerprint density at radius 1 is 1.33 bits per heavy atom. The molecule has 2 aromatic rings. The Hall–Kier alpha value is -1.28. The molecule has 0 saturated heterocycles. The third-order valence-electron chi connectivity index (χ3n) is 2.34. The van der Waals surface area contributed by atoms with Crippen molar-refractivity contribution < 1.29 is 0 Å². The minimum absolute atomic E-state index is 0.380. The number of aryl methyl sites for hydroxylation is 2. The normalized spacial score (nSPS) is 10.8. The summed E-state index contributed by atoms with van der Waals surface area (Å²) < 4.78 is 2.84. The minimum atomic E-state index is 0.380. The van der Waals surface area contributed by atoms with Gasteiger partial charge in [-0.25, -0.2) is 9.97 Å². The number of halogens is 1. The van der Waals surface area contributed by atoms with E-state index in [9.17, 15) is 0 Å². The summed E-state index contributed by atoms with van der Waals surface area (Å²) in [6.07, 6.45) is 0. The molecule has 0 aliphatic rings. The number of rotatable bonds is 3. The third kappa shape index (κ3) is 2.75. The second-order valence-electron chi connectivity index (χ2n) is 3.76. The van der Waals surface area contributed by atoms with Crippen LogP contribution in [0, 0.1) is 6.92 Å². The van der Waals surface area contributed by atoms with Crippen LogP contribution in [-0.4, -0.2) is 19.7 Å². The van der Waals surface area contributed by atoms with Crippen molar-refractivity contribution in [1.82, 2.24) is 19.7 Å². The summed E-state index contributed by atoms with van der Waals surface area (Å²) in [5, 5.41) is 4.89. The number of nitrogens with two attached hydrogens (primary N) is 2. The number of thioether (sulfide) groups is 1. The Balaban J connectivity index is 2.16. The van der Waals surface area contributed by atoms with Crippen molar-refractivity contribution in [1.29, 1.82) is 0 Å². The van der Waals surface area contributed by atoms with Crippen LogP contribution in [0.2, 0.25) is 0 Å². The van der Waals surface area contributed by atoms with Gasteiger partial charge in [-0.1, -0.05) is 11.8 Å². The molecular formula is C10H13BrN6S. The van der Waals surface area contributed by atoms with Crippen LogP contribution in [0.15, 0.2) is 15.7 Å². The van der Waals surface area contributed by atoms with Crippen molar-refractivity contribution in [3.63, 3.8) is 0 Å². The van der Waals surface area contributed by atoms with Gasteiger partial charge in [0.05, 0.1) is 15.9 Å². The lowest BCUT2D eigenvalue weighted by atomic mass is 10.4. The van der Waals surface area contributed by atoms with E-state index >= 15 is 0 Å². The molecule has 0 aromatic carbocycles. The molecular weight excluding hydrogens is 316 g/mol. The van der Waals surface area contributed by atoms with Gasteiger partial charge in [-0.15, -0.1) is 0 Å². The maximum Gasteiger partial charge on any atom is 0.191 e. The molecule has 0 aliphatic heterocycles. The molecule has 0 atom stereocenters. The molecule has 96 valence electrons. The fourth-order valence-electron chi connectivity index (χ4n) is 1.50. The number of nitrogen functional groups attached to an aromatic ring is 2. The highest BCUT2D eigenvalue weighted by atomic mass is 79.9. The zero-order valence-electron chi connectivity index (χ0n) is 10.0. The average Bonchev–Trinajstić information content (AvgIpc) is 2.50. The van der Waals surface area contributed by atoms with Crippen LogP contribution < -0.4 is 11.5 Å². The molecule has 0 radical (unpaired) electrons. The second-order valence-corrected chi connectivity index (χ2v) is 5.49. The predicted octanol–water partition coefficient (Wildman–Crippen LogP) is 1.74. The third-order valence-corrected chi connectivity index (χ3v) is 4.23. The molecule has 0 unspecified atom stereocenters. The summed E-state index contributed by atoms with van der Waals surface area (Å²) in [7, 11) is 1.90. The van der Waals surface area contributed by atoms with Crippen molar-refractivity contribution in [2.24, 2.45) is 7.05 Å². The minimum Gasteiger partial charge on any atom is -0.383 e. The van der Waals surface area contributed by atoms with Crippen LogP contribution >= 0.6 is 27.7 Å². The van der Waals surface area contributed by atoms with Gasteiger partial charge in [0.1, 0.15) is 11.6 Å². The quantitative estimate of drug-likeness (QED) is 0.658. The molecule has 2 rings (SSSR count). The molecule has 6 nitrogen and oxygen atoms in total. The van der Waals surface area contributed by atoms with E-state index in [-0.39, 0.29) is 0 Å². The van der Waals surface area contributed by atoms with Crippen molar-refractivity contribution in [2.45, 2.75) is 17.8 Å². The largest absolute Gasteiger partial charge is 0.383 e. The zero-order valence-corrected chi connectivity index (χ0v) is 12.4. The summed E-state index contributed by atoms with van der Waals surface area (Å²) in [4.78, 5) is 8.24. The van der Waals surface area contributed by atoms with Crippen molar-refractivity contribution in [3.8, 4) is 0 Å². The topological polar surface area (TPSA) is 95.6 Å². The van der Waals surface area contributed by atoms with Crippen LogP contribution in [0.3, 0.4) is 0 Å². The van der Waals surface area contributed by atoms with Gasteiger partial charge in [-0.3, -0.25) is 4.68 Å². The van der Waals surface area contributed by atoms with E-state index in [1.54, 1.807) is 0 Å². The van der Waals surface area contributed by atoms with Crippen LogP contribution in [-0.2, 0) is 12.8 Å². The molecule has 0 amide bonds. The molecule has 0 aliphatic carbocycles. The van der Waals surface area contributed by atoms with Crippen molar-refractivity contribution in [3.05, 3.63) is 21.9 Å². The van der Waals surface area contributed by atoms with E-state index in [4.69, 9.17) is 11.5 Å². The standard InChI is InChI=1S/C10H13BrN6S/c1-5-9(11)6(17(2)16-5)4-18-10-14-7(12)3-8(13)15-10/h3H,4H2,1-2H3,(H4,12,13,14,15). The van der Waals surface area contributed by atoms with Gasteiger partial charge < -0.3 is 11.5 Å². The highest BCUT2D eigenvalue weighted by molar-refractivity contribution is 9.10. The fraction of sp³-hybridized carbons (Fsp3) is 0.300. The molecule has 0 fully saturated rings. The van der Waals surface area contributed by atoms with Crippen LogP contribution in [0.5, 0.6) is 0 Å². The van der Waals surface area contributed by atoms with Crippen molar-refractivity contribution >= 4 is 39.3 Å². The van der Waals surface area contributed by atoms with Crippen LogP contribution in [0.1, 0.15) is 11.4 Å². The Kier molecular flexibility index (Phi) is 3.76. The van der Waals surface area contributed by atoms with E-state index in [1.165, 1.54) is 17.8 Å². The molecule has 0 bridgehead atoms. The van der Waals surface area contributed by atoms with Gasteiger partial charge in [-0.2, -0.15) is 5.10 Å². The first-order valence-corrected chi connectivity index (χ1v) is 6.96. The number of hydrogen-bond donors (Lipinski definition) is 2. The summed E-state index contributed by atoms with van der Waals surface area (Å²) in [5.41, 5.74) is 13.3. The zero-order chi connectivity index (χ0) is 13.3. The molecule has 4 N–H and O–H groups in total. The number of hydrogen-bond acceptors (Lipinski definition) is 6. The molecule has 18 heavy (non-hydrogen) atoms. The van der Waals surface area contributed by atoms with Gasteiger partial charge in [0.15, 0.2) is 5.16 Å². The monoisotopic (exact) mass is 328 g/mol. The van der Waals surface area contributed by atoms with E-state index in [0.717, 1.165) is 15.9 Å². The fourth-order valence-corrected chi connectivity index (χ4v) is 3.09. The SMILES string of the molecule is Cc1nn(C)c(CSc2nc(N)cc(N)n2)c1Br. The summed E-state index contributed by atoms with van der Waals surface area (Å²) in [6.45, 7) is 1.95. The average molecular weight is 329 g/mol. The number of aromatic nitrogens is 4. The molecule has 0 spiro atoms. The second kappa shape index (κ2) is 5.15. The summed E-state index contributed by atoms with van der Waals surface area (Å²) in [6, 6.07) is 1.54. The van der Waals surface area contributed by atoms with Gasteiger partial charge in [0, 0.05) is 18.9 Å². The number of anilines is 2. The predicted molar refractivity (Wildman–Crippen MR) is 76.1 cm³/mol. The van der Waals surface area contributed by atoms with Gasteiger partial charge in [0.25, 0.3) is 0 Å². The van der Waals surface area contributed by atoms with Crippen molar-refractivity contribution in [2.75, 3.05) is 11.5 Å². The van der Waals surface area contributed by atoms with E-state index < -0.39 is 0 Å². The van der Waals surface area contributed by atoms with Gasteiger partial charge in [-0.05, 0) is 22.9 Å². The van der Waals surface area contributed by atoms with Gasteiger partial charge in [0.2, 0.25) is 0 Å². The summed E-state index contributed by atoms with van der Waals surface area (Å²) in [5.74, 6) is 1.45. The Morgan fingerprint density at radius 2 is 1.94 bits per heavy atom. The Morgan fingerprint density at radius 3 is 2.44 bits per heavy atom. The lowest BCUT2D eigenvalue weighted by Crippen LogP contribution is -2.01. The molecule has 2 aromatic heterocycles. The van der Waals surface area contributed by atoms with Crippen LogP contribution in [0.25, 0.3) is 0 Å². The lowest BCUT2D eigenvalue weighted by Gasteiger charge is -2.04. The first kappa shape index (κ1) is 13.2. The molecule has 8 heteroatoms. The lowest BCUT2D eigenvalue weighted by molar-refractivity contribution is 0.727. The first-order valence-electron chi connectivity index (χ1n) is 5.18. The van der Waals surface area contributed by atoms with E-state index in [2.05, 4.69) is 31.0 Å². The highest BCUT2D eigenvalue weighted by Crippen LogP contribution is 2.27. The van der Waals surface area contributed by atoms with Gasteiger partial charge >= 0.3 is 0 Å². The van der Waals surface area contributed by atoms with E-state index in [1.807, 2.05) is 18.7 Å².